The summed E-state index contributed by atoms with van der Waals surface area (Å²) in [6.07, 6.45) is 2.35. The third-order valence-corrected chi connectivity index (χ3v) is 2.84. The minimum absolute atomic E-state index is 0.437. The molecule has 1 rings (SSSR count). The molecule has 0 radical (unpaired) electrons. The zero-order valence-corrected chi connectivity index (χ0v) is 11.0. The van der Waals surface area contributed by atoms with E-state index < -0.39 is 12.0 Å². The van der Waals surface area contributed by atoms with Crippen LogP contribution in [-0.2, 0) is 11.2 Å². The summed E-state index contributed by atoms with van der Waals surface area (Å²) in [5.74, 6) is 0.0627. The normalized spacial score (nSPS) is 12.1. The summed E-state index contributed by atoms with van der Waals surface area (Å²) in [5, 5.41) is 12.1. The van der Waals surface area contributed by atoms with Crippen molar-refractivity contribution >= 4 is 5.97 Å². The first kappa shape index (κ1) is 14.5. The van der Waals surface area contributed by atoms with E-state index in [0.717, 1.165) is 18.6 Å². The van der Waals surface area contributed by atoms with E-state index in [0.29, 0.717) is 13.0 Å². The average molecular weight is 251 g/mol. The fourth-order valence-corrected chi connectivity index (χ4v) is 1.78. The molecule has 0 heterocycles. The summed E-state index contributed by atoms with van der Waals surface area (Å²) < 4.78 is 5.08. The fourth-order valence-electron chi connectivity index (χ4n) is 1.78. The lowest BCUT2D eigenvalue weighted by Crippen LogP contribution is -2.37. The van der Waals surface area contributed by atoms with Crippen LogP contribution in [0.3, 0.4) is 0 Å². The second kappa shape index (κ2) is 7.71. The number of hydrogen-bond acceptors (Lipinski definition) is 3. The first-order valence-electron chi connectivity index (χ1n) is 6.26. The van der Waals surface area contributed by atoms with E-state index in [1.54, 1.807) is 7.11 Å². The summed E-state index contributed by atoms with van der Waals surface area (Å²) in [4.78, 5) is 10.9. The van der Waals surface area contributed by atoms with Gasteiger partial charge in [0.05, 0.1) is 7.11 Å². The van der Waals surface area contributed by atoms with Crippen molar-refractivity contribution in [3.8, 4) is 5.75 Å². The topological polar surface area (TPSA) is 58.6 Å². The number of ether oxygens (including phenoxy) is 1. The van der Waals surface area contributed by atoms with Crippen LogP contribution in [0.4, 0.5) is 0 Å². The van der Waals surface area contributed by atoms with Crippen LogP contribution in [0.25, 0.3) is 0 Å². The lowest BCUT2D eigenvalue weighted by Gasteiger charge is -2.13. The molecule has 0 saturated heterocycles. The molecule has 0 fully saturated rings. The Labute approximate surface area is 108 Å². The molecule has 0 aromatic heterocycles. The summed E-state index contributed by atoms with van der Waals surface area (Å²) in [6.45, 7) is 2.66. The minimum atomic E-state index is -0.772. The average Bonchev–Trinajstić information content (AvgIpc) is 2.38. The Hall–Kier alpha value is -1.55. The molecule has 1 unspecified atom stereocenters. The zero-order valence-electron chi connectivity index (χ0n) is 11.0. The van der Waals surface area contributed by atoms with Gasteiger partial charge in [-0.15, -0.1) is 0 Å². The van der Waals surface area contributed by atoms with Gasteiger partial charge in [-0.1, -0.05) is 25.5 Å². The van der Waals surface area contributed by atoms with E-state index in [-0.39, 0.29) is 0 Å². The molecule has 0 spiro atoms. The van der Waals surface area contributed by atoms with Gasteiger partial charge in [0.2, 0.25) is 0 Å². The van der Waals surface area contributed by atoms with Gasteiger partial charge in [-0.3, -0.25) is 4.79 Å². The van der Waals surface area contributed by atoms with Gasteiger partial charge in [-0.25, -0.2) is 0 Å². The van der Waals surface area contributed by atoms with Gasteiger partial charge < -0.3 is 15.2 Å². The fraction of sp³-hybridized carbons (Fsp3) is 0.500. The van der Waals surface area contributed by atoms with Crippen LogP contribution in [0.5, 0.6) is 5.75 Å². The number of carboxylic acid groups (broad SMARTS) is 1. The van der Waals surface area contributed by atoms with Crippen molar-refractivity contribution in [3.05, 3.63) is 29.8 Å². The Balaban J connectivity index is 2.37. The molecule has 1 atom stereocenters. The summed E-state index contributed by atoms with van der Waals surface area (Å²) in [5.41, 5.74) is 1.17. The Morgan fingerprint density at radius 1 is 1.39 bits per heavy atom. The number of carboxylic acids is 1. The third kappa shape index (κ3) is 4.75. The zero-order chi connectivity index (χ0) is 13.4. The van der Waals surface area contributed by atoms with E-state index in [1.165, 1.54) is 5.56 Å². The first-order valence-corrected chi connectivity index (χ1v) is 6.26. The number of benzene rings is 1. The van der Waals surface area contributed by atoms with Gasteiger partial charge in [0.15, 0.2) is 0 Å². The summed E-state index contributed by atoms with van der Waals surface area (Å²) >= 11 is 0. The van der Waals surface area contributed by atoms with Crippen LogP contribution in [0.1, 0.15) is 25.3 Å². The van der Waals surface area contributed by atoms with Gasteiger partial charge in [-0.2, -0.15) is 0 Å². The molecule has 4 nitrogen and oxygen atoms in total. The number of hydrogen-bond donors (Lipinski definition) is 2. The van der Waals surface area contributed by atoms with Gasteiger partial charge in [0.1, 0.15) is 11.8 Å². The number of carbonyl (C=O) groups is 1. The van der Waals surface area contributed by atoms with Gasteiger partial charge in [-0.05, 0) is 37.1 Å². The van der Waals surface area contributed by atoms with Crippen LogP contribution < -0.4 is 10.1 Å². The quantitative estimate of drug-likeness (QED) is 0.742. The van der Waals surface area contributed by atoms with E-state index in [4.69, 9.17) is 9.84 Å². The molecule has 100 valence electrons. The first-order chi connectivity index (χ1) is 8.67. The number of nitrogens with one attached hydrogen (secondary N) is 1. The van der Waals surface area contributed by atoms with Crippen molar-refractivity contribution in [3.63, 3.8) is 0 Å². The highest BCUT2D eigenvalue weighted by atomic mass is 16.5. The summed E-state index contributed by atoms with van der Waals surface area (Å²) in [7, 11) is 1.64. The van der Waals surface area contributed by atoms with E-state index in [1.807, 2.05) is 31.2 Å². The number of aliphatic carboxylic acids is 1. The van der Waals surface area contributed by atoms with Crippen LogP contribution in [-0.4, -0.2) is 30.8 Å². The predicted molar refractivity (Wildman–Crippen MR) is 71.0 cm³/mol. The largest absolute Gasteiger partial charge is 0.497 e. The molecule has 0 aliphatic carbocycles. The maximum Gasteiger partial charge on any atom is 0.320 e. The van der Waals surface area contributed by atoms with E-state index >= 15 is 0 Å². The molecule has 18 heavy (non-hydrogen) atoms. The maximum atomic E-state index is 10.9. The maximum absolute atomic E-state index is 10.9. The minimum Gasteiger partial charge on any atom is -0.497 e. The standard InChI is InChI=1S/C14H21NO3/c1-3-4-13(14(16)17)15-10-9-11-5-7-12(18-2)8-6-11/h5-8,13,15H,3-4,9-10H2,1-2H3,(H,16,17). The Bertz CT molecular complexity index is 362. The lowest BCUT2D eigenvalue weighted by molar-refractivity contribution is -0.139. The molecular formula is C14H21NO3. The molecular weight excluding hydrogens is 230 g/mol. The molecule has 1 aromatic carbocycles. The van der Waals surface area contributed by atoms with Crippen LogP contribution in [0, 0.1) is 0 Å². The third-order valence-electron chi connectivity index (χ3n) is 2.84. The van der Waals surface area contributed by atoms with Crippen molar-refractivity contribution < 1.29 is 14.6 Å². The second-order valence-corrected chi connectivity index (χ2v) is 4.23. The van der Waals surface area contributed by atoms with Crippen molar-refractivity contribution in [2.75, 3.05) is 13.7 Å². The Kier molecular flexibility index (Phi) is 6.22. The van der Waals surface area contributed by atoms with Gasteiger partial charge in [0, 0.05) is 0 Å². The predicted octanol–water partition coefficient (Wildman–Crippen LogP) is 2.08. The van der Waals surface area contributed by atoms with Gasteiger partial charge in [0.25, 0.3) is 0 Å². The SMILES string of the molecule is CCCC(NCCc1ccc(OC)cc1)C(=O)O. The molecule has 0 aliphatic rings. The molecule has 1 aromatic rings. The van der Waals surface area contributed by atoms with Gasteiger partial charge >= 0.3 is 5.97 Å². The van der Waals surface area contributed by atoms with Crippen LogP contribution in [0.15, 0.2) is 24.3 Å². The van der Waals surface area contributed by atoms with Crippen molar-refractivity contribution in [2.24, 2.45) is 0 Å². The van der Waals surface area contributed by atoms with Crippen LogP contribution in [0.2, 0.25) is 0 Å². The monoisotopic (exact) mass is 251 g/mol. The smallest absolute Gasteiger partial charge is 0.320 e. The van der Waals surface area contributed by atoms with E-state index in [9.17, 15) is 4.79 Å². The molecule has 0 bridgehead atoms. The number of methoxy groups -OCH3 is 1. The van der Waals surface area contributed by atoms with Crippen molar-refractivity contribution in [1.29, 1.82) is 0 Å². The molecule has 0 amide bonds. The number of rotatable bonds is 8. The second-order valence-electron chi connectivity index (χ2n) is 4.23. The highest BCUT2D eigenvalue weighted by Crippen LogP contribution is 2.11. The van der Waals surface area contributed by atoms with E-state index in [2.05, 4.69) is 5.32 Å². The lowest BCUT2D eigenvalue weighted by atomic mass is 10.1. The van der Waals surface area contributed by atoms with Crippen molar-refractivity contribution in [1.82, 2.24) is 5.32 Å². The molecule has 4 heteroatoms. The van der Waals surface area contributed by atoms with Crippen LogP contribution >= 0.6 is 0 Å². The van der Waals surface area contributed by atoms with Crippen molar-refractivity contribution in [2.45, 2.75) is 32.2 Å². The molecule has 0 aliphatic heterocycles. The Morgan fingerprint density at radius 3 is 2.56 bits per heavy atom. The highest BCUT2D eigenvalue weighted by molar-refractivity contribution is 5.73. The molecule has 2 N–H and O–H groups in total. The highest BCUT2D eigenvalue weighted by Gasteiger charge is 2.14. The molecule has 0 saturated carbocycles. The summed E-state index contributed by atoms with van der Waals surface area (Å²) in [6, 6.07) is 7.38. The Morgan fingerprint density at radius 2 is 2.06 bits per heavy atom.